The number of hydrazine groups is 1. The number of carbonyl (C=O) groups is 2. The Kier molecular flexibility index (Phi) is 7.53. The number of rotatable bonds is 8. The molecule has 4 aromatic rings. The van der Waals surface area contributed by atoms with Crippen LogP contribution in [0.3, 0.4) is 0 Å². The highest BCUT2D eigenvalue weighted by molar-refractivity contribution is 6.06. The Morgan fingerprint density at radius 3 is 2.33 bits per heavy atom. The predicted molar refractivity (Wildman–Crippen MR) is 133 cm³/mol. The molecule has 0 radical (unpaired) electrons. The summed E-state index contributed by atoms with van der Waals surface area (Å²) in [6.07, 6.45) is 4.55. The number of benzene rings is 2. The molecule has 2 heterocycles. The molecule has 36 heavy (non-hydrogen) atoms. The highest BCUT2D eigenvalue weighted by Gasteiger charge is 2.20. The fourth-order valence-electron chi connectivity index (χ4n) is 4.01. The van der Waals surface area contributed by atoms with Crippen molar-refractivity contribution in [3.05, 3.63) is 87.9 Å². The smallest absolute Gasteiger partial charge is 0.267 e. The minimum absolute atomic E-state index is 0.0414. The van der Waals surface area contributed by atoms with Crippen LogP contribution in [0, 0.1) is 5.82 Å². The van der Waals surface area contributed by atoms with Crippen molar-refractivity contribution in [2.75, 3.05) is 0 Å². The number of fused-ring (bicyclic) bond motifs is 1. The zero-order chi connectivity index (χ0) is 25.7. The SMILES string of the molecule is CCCCCn1nc(C(=O)NNC(=O)c2cnn(-c3ccc(F)cc3)c2CC)c2ccccc2c1=O. The van der Waals surface area contributed by atoms with Crippen molar-refractivity contribution in [2.45, 2.75) is 46.1 Å². The Labute approximate surface area is 206 Å². The van der Waals surface area contributed by atoms with E-state index in [2.05, 4.69) is 28.0 Å². The van der Waals surface area contributed by atoms with Crippen LogP contribution >= 0.6 is 0 Å². The summed E-state index contributed by atoms with van der Waals surface area (Å²) < 4.78 is 16.2. The summed E-state index contributed by atoms with van der Waals surface area (Å²) in [5.74, 6) is -1.58. The molecule has 0 aliphatic heterocycles. The van der Waals surface area contributed by atoms with Gasteiger partial charge in [-0.1, -0.05) is 44.9 Å². The van der Waals surface area contributed by atoms with E-state index in [9.17, 15) is 18.8 Å². The third kappa shape index (κ3) is 5.02. The molecule has 0 atom stereocenters. The summed E-state index contributed by atoms with van der Waals surface area (Å²) in [6.45, 7) is 4.32. The number of unbranched alkanes of at least 4 members (excludes halogenated alkanes) is 2. The van der Waals surface area contributed by atoms with E-state index in [1.165, 1.54) is 23.0 Å². The zero-order valence-corrected chi connectivity index (χ0v) is 20.1. The van der Waals surface area contributed by atoms with E-state index >= 15 is 0 Å². The second-order valence-electron chi connectivity index (χ2n) is 8.28. The largest absolute Gasteiger partial charge is 0.290 e. The first-order valence-corrected chi connectivity index (χ1v) is 11.9. The molecule has 0 bridgehead atoms. The molecule has 0 fully saturated rings. The van der Waals surface area contributed by atoms with E-state index in [0.717, 1.165) is 19.3 Å². The van der Waals surface area contributed by atoms with Crippen LogP contribution in [0.2, 0.25) is 0 Å². The van der Waals surface area contributed by atoms with Crippen molar-refractivity contribution < 1.29 is 14.0 Å². The third-order valence-corrected chi connectivity index (χ3v) is 5.87. The van der Waals surface area contributed by atoms with Crippen LogP contribution in [0.5, 0.6) is 0 Å². The van der Waals surface area contributed by atoms with Gasteiger partial charge in [-0.05, 0) is 43.2 Å². The van der Waals surface area contributed by atoms with Crippen molar-refractivity contribution in [2.24, 2.45) is 0 Å². The molecule has 0 saturated carbocycles. The Morgan fingerprint density at radius 2 is 1.64 bits per heavy atom. The van der Waals surface area contributed by atoms with Gasteiger partial charge in [-0.2, -0.15) is 10.2 Å². The lowest BCUT2D eigenvalue weighted by Crippen LogP contribution is -2.43. The average molecular weight is 491 g/mol. The lowest BCUT2D eigenvalue weighted by molar-refractivity contribution is 0.0843. The third-order valence-electron chi connectivity index (χ3n) is 5.87. The van der Waals surface area contributed by atoms with E-state index in [1.54, 1.807) is 41.1 Å². The molecule has 4 rings (SSSR count). The fourth-order valence-corrected chi connectivity index (χ4v) is 4.01. The van der Waals surface area contributed by atoms with Gasteiger partial charge in [0.25, 0.3) is 17.4 Å². The van der Waals surface area contributed by atoms with Gasteiger partial charge in [0, 0.05) is 11.9 Å². The Hall–Kier alpha value is -4.34. The Balaban J connectivity index is 1.56. The first-order chi connectivity index (χ1) is 17.4. The summed E-state index contributed by atoms with van der Waals surface area (Å²) >= 11 is 0. The minimum atomic E-state index is -0.646. The molecular weight excluding hydrogens is 463 g/mol. The van der Waals surface area contributed by atoms with Gasteiger partial charge in [0.1, 0.15) is 5.82 Å². The van der Waals surface area contributed by atoms with Gasteiger partial charge in [-0.25, -0.2) is 13.8 Å². The topological polar surface area (TPSA) is 111 Å². The average Bonchev–Trinajstić information content (AvgIpc) is 3.33. The van der Waals surface area contributed by atoms with Crippen LogP contribution in [0.4, 0.5) is 4.39 Å². The minimum Gasteiger partial charge on any atom is -0.267 e. The molecule has 2 N–H and O–H groups in total. The van der Waals surface area contributed by atoms with Gasteiger partial charge >= 0.3 is 0 Å². The molecule has 2 amide bonds. The lowest BCUT2D eigenvalue weighted by Gasteiger charge is -2.12. The number of aryl methyl sites for hydroxylation is 1. The summed E-state index contributed by atoms with van der Waals surface area (Å²) in [5.41, 5.74) is 6.08. The lowest BCUT2D eigenvalue weighted by atomic mass is 10.1. The summed E-state index contributed by atoms with van der Waals surface area (Å²) in [6, 6.07) is 12.5. The van der Waals surface area contributed by atoms with Gasteiger partial charge in [0.05, 0.1) is 28.5 Å². The summed E-state index contributed by atoms with van der Waals surface area (Å²) in [5, 5.41) is 9.35. The van der Waals surface area contributed by atoms with Crippen molar-refractivity contribution in [3.8, 4) is 5.69 Å². The molecule has 0 unspecified atom stereocenters. The van der Waals surface area contributed by atoms with E-state index in [-0.39, 0.29) is 22.6 Å². The number of hydrogen-bond acceptors (Lipinski definition) is 5. The first kappa shape index (κ1) is 24.8. The number of amides is 2. The standard InChI is InChI=1S/C26H27FN6O3/c1-3-5-8-15-32-26(36)20-10-7-6-9-19(20)23(31-32)25(35)30-29-24(34)21-16-28-33(22(21)4-2)18-13-11-17(27)12-14-18/h6-7,9-14,16H,3-5,8,15H2,1-2H3,(H,29,34)(H,30,35). The molecule has 0 aliphatic carbocycles. The highest BCUT2D eigenvalue weighted by Crippen LogP contribution is 2.17. The van der Waals surface area contributed by atoms with Crippen molar-refractivity contribution >= 4 is 22.6 Å². The highest BCUT2D eigenvalue weighted by atomic mass is 19.1. The van der Waals surface area contributed by atoms with Crippen LogP contribution in [0.1, 0.15) is 59.7 Å². The van der Waals surface area contributed by atoms with Gasteiger partial charge in [-0.3, -0.25) is 25.2 Å². The number of nitrogens with one attached hydrogen (secondary N) is 2. The summed E-state index contributed by atoms with van der Waals surface area (Å²) in [7, 11) is 0. The molecule has 2 aromatic heterocycles. The van der Waals surface area contributed by atoms with E-state index in [4.69, 9.17) is 0 Å². The van der Waals surface area contributed by atoms with Crippen LogP contribution in [-0.4, -0.2) is 31.4 Å². The Morgan fingerprint density at radius 1 is 0.944 bits per heavy atom. The molecule has 9 nitrogen and oxygen atoms in total. The monoisotopic (exact) mass is 490 g/mol. The maximum Gasteiger partial charge on any atom is 0.290 e. The number of halogens is 1. The molecule has 10 heteroatoms. The van der Waals surface area contributed by atoms with Crippen molar-refractivity contribution in [1.29, 1.82) is 0 Å². The number of hydrogen-bond donors (Lipinski definition) is 2. The fraction of sp³-hybridized carbons (Fsp3) is 0.269. The zero-order valence-electron chi connectivity index (χ0n) is 20.1. The summed E-state index contributed by atoms with van der Waals surface area (Å²) in [4.78, 5) is 38.8. The maximum atomic E-state index is 13.3. The predicted octanol–water partition coefficient (Wildman–Crippen LogP) is 3.55. The quantitative estimate of drug-likeness (QED) is 0.290. The van der Waals surface area contributed by atoms with Gasteiger partial charge in [0.15, 0.2) is 5.69 Å². The molecular formula is C26H27FN6O3. The van der Waals surface area contributed by atoms with E-state index in [0.29, 0.717) is 35.1 Å². The van der Waals surface area contributed by atoms with Crippen molar-refractivity contribution in [1.82, 2.24) is 30.4 Å². The van der Waals surface area contributed by atoms with Gasteiger partial charge in [-0.15, -0.1) is 0 Å². The molecule has 2 aromatic carbocycles. The normalized spacial score (nSPS) is 11.0. The molecule has 0 spiro atoms. The van der Waals surface area contributed by atoms with Crippen LogP contribution in [0.25, 0.3) is 16.5 Å². The molecule has 0 saturated heterocycles. The number of carbonyl (C=O) groups excluding carboxylic acids is 2. The van der Waals surface area contributed by atoms with Gasteiger partial charge < -0.3 is 0 Å². The maximum absolute atomic E-state index is 13.3. The van der Waals surface area contributed by atoms with Crippen LogP contribution in [0.15, 0.2) is 59.5 Å². The first-order valence-electron chi connectivity index (χ1n) is 11.9. The number of aromatic nitrogens is 4. The molecule has 186 valence electrons. The van der Waals surface area contributed by atoms with Crippen molar-refractivity contribution in [3.63, 3.8) is 0 Å². The van der Waals surface area contributed by atoms with E-state index < -0.39 is 11.8 Å². The second-order valence-corrected chi connectivity index (χ2v) is 8.28. The van der Waals surface area contributed by atoms with Crippen LogP contribution < -0.4 is 16.4 Å². The van der Waals surface area contributed by atoms with Gasteiger partial charge in [0.2, 0.25) is 0 Å². The number of nitrogens with zero attached hydrogens (tertiary/aromatic N) is 4. The van der Waals surface area contributed by atoms with Crippen LogP contribution in [-0.2, 0) is 13.0 Å². The molecule has 0 aliphatic rings. The second kappa shape index (κ2) is 10.9. The Bertz CT molecular complexity index is 1460. The van der Waals surface area contributed by atoms with E-state index in [1.807, 2.05) is 6.92 Å².